The number of benzene rings is 11. The van der Waals surface area contributed by atoms with Crippen LogP contribution in [0.1, 0.15) is 44.5 Å². The van der Waals surface area contributed by atoms with Gasteiger partial charge in [0, 0.05) is 17.1 Å². The minimum atomic E-state index is -0.620. The SMILES string of the molecule is c1ccc(N(c2ccc3c(c2)C(c2ccccc2)(c2ccccc2)c2ccccc2-3)c2ccc3c(c2)C(c2ccccc2)(c2ccccc2)c2c-3c3ccccc3c3ccccc23)cc1. The molecule has 13 rings (SSSR count). The van der Waals surface area contributed by atoms with Crippen molar-refractivity contribution in [2.45, 2.75) is 10.8 Å². The molecule has 0 radical (unpaired) electrons. The van der Waals surface area contributed by atoms with E-state index >= 15 is 0 Å². The Labute approximate surface area is 380 Å². The molecule has 0 aliphatic heterocycles. The Balaban J connectivity index is 1.12. The molecular formula is C64H43N. The molecule has 304 valence electrons. The second-order valence-electron chi connectivity index (χ2n) is 17.5. The molecule has 0 saturated carbocycles. The summed E-state index contributed by atoms with van der Waals surface area (Å²) < 4.78 is 0. The van der Waals surface area contributed by atoms with Crippen LogP contribution in [0.15, 0.2) is 261 Å². The fraction of sp³-hybridized carbons (Fsp3) is 0.0312. The molecule has 0 unspecified atom stereocenters. The molecule has 1 nitrogen and oxygen atoms in total. The van der Waals surface area contributed by atoms with Gasteiger partial charge in [0.15, 0.2) is 0 Å². The lowest BCUT2D eigenvalue weighted by atomic mass is 9.66. The third-order valence-electron chi connectivity index (χ3n) is 14.4. The average molecular weight is 826 g/mol. The lowest BCUT2D eigenvalue weighted by molar-refractivity contribution is 0.768. The van der Waals surface area contributed by atoms with E-state index < -0.39 is 10.8 Å². The lowest BCUT2D eigenvalue weighted by Gasteiger charge is -2.36. The zero-order valence-corrected chi connectivity index (χ0v) is 35.8. The Hall–Kier alpha value is -8.26. The summed E-state index contributed by atoms with van der Waals surface area (Å²) in [4.78, 5) is 2.48. The van der Waals surface area contributed by atoms with E-state index in [1.807, 2.05) is 0 Å². The Morgan fingerprint density at radius 3 is 1.18 bits per heavy atom. The third-order valence-corrected chi connectivity index (χ3v) is 14.4. The van der Waals surface area contributed by atoms with Gasteiger partial charge < -0.3 is 4.90 Å². The molecule has 0 amide bonds. The van der Waals surface area contributed by atoms with E-state index in [1.165, 1.54) is 88.3 Å². The van der Waals surface area contributed by atoms with Crippen molar-refractivity contribution < 1.29 is 0 Å². The van der Waals surface area contributed by atoms with Gasteiger partial charge in [-0.15, -0.1) is 0 Å². The van der Waals surface area contributed by atoms with Crippen LogP contribution >= 0.6 is 0 Å². The van der Waals surface area contributed by atoms with Crippen molar-refractivity contribution in [2.75, 3.05) is 4.90 Å². The van der Waals surface area contributed by atoms with E-state index in [0.717, 1.165) is 17.1 Å². The van der Waals surface area contributed by atoms with E-state index in [-0.39, 0.29) is 0 Å². The summed E-state index contributed by atoms with van der Waals surface area (Å²) >= 11 is 0. The lowest BCUT2D eigenvalue weighted by Crippen LogP contribution is -2.29. The molecule has 11 aromatic carbocycles. The largest absolute Gasteiger partial charge is 0.310 e. The summed E-state index contributed by atoms with van der Waals surface area (Å²) in [6.45, 7) is 0. The second kappa shape index (κ2) is 14.7. The van der Waals surface area contributed by atoms with Gasteiger partial charge in [-0.1, -0.05) is 224 Å². The fourth-order valence-corrected chi connectivity index (χ4v) is 11.9. The Kier molecular flexibility index (Phi) is 8.41. The van der Waals surface area contributed by atoms with Crippen LogP contribution in [0.4, 0.5) is 17.1 Å². The van der Waals surface area contributed by atoms with Crippen LogP contribution < -0.4 is 4.90 Å². The van der Waals surface area contributed by atoms with Crippen molar-refractivity contribution in [3.63, 3.8) is 0 Å². The standard InChI is InChI=1S/C64H43N/c1-6-22-44(23-7-1)63(45-24-8-2-9-25-45)58-37-21-20-34-53(58)54-40-38-49(42-59(54)63)65(48-30-14-5-15-31-48)50-39-41-57-60(43-50)64(46-26-10-3-11-27-46,47-28-12-4-13-29-47)62-56-36-19-17-33-52(56)51-32-16-18-35-55(51)61(57)62/h1-43H. The number of hydrogen-bond donors (Lipinski definition) is 0. The number of rotatable bonds is 7. The molecule has 0 bridgehead atoms. The molecule has 2 aliphatic carbocycles. The Bertz CT molecular complexity index is 3500. The van der Waals surface area contributed by atoms with Gasteiger partial charge in [0.1, 0.15) is 0 Å². The summed E-state index contributed by atoms with van der Waals surface area (Å²) in [6, 6.07) is 97.1. The van der Waals surface area contributed by atoms with Crippen LogP contribution in [0, 0.1) is 0 Å². The number of anilines is 3. The highest BCUT2D eigenvalue weighted by atomic mass is 15.1. The van der Waals surface area contributed by atoms with Crippen LogP contribution in [-0.2, 0) is 10.8 Å². The summed E-state index contributed by atoms with van der Waals surface area (Å²) in [5, 5.41) is 5.11. The van der Waals surface area contributed by atoms with Gasteiger partial charge in [0.05, 0.1) is 10.8 Å². The molecular weight excluding hydrogens is 783 g/mol. The van der Waals surface area contributed by atoms with Crippen LogP contribution in [0.2, 0.25) is 0 Å². The molecule has 65 heavy (non-hydrogen) atoms. The molecule has 0 aromatic heterocycles. The van der Waals surface area contributed by atoms with Gasteiger partial charge in [-0.2, -0.15) is 0 Å². The van der Waals surface area contributed by atoms with Gasteiger partial charge >= 0.3 is 0 Å². The minimum Gasteiger partial charge on any atom is -0.310 e. The van der Waals surface area contributed by atoms with E-state index in [1.54, 1.807) is 0 Å². The van der Waals surface area contributed by atoms with Gasteiger partial charge in [-0.3, -0.25) is 0 Å². The van der Waals surface area contributed by atoms with Crippen LogP contribution in [0.5, 0.6) is 0 Å². The van der Waals surface area contributed by atoms with Crippen molar-refractivity contribution in [3.05, 3.63) is 305 Å². The first-order valence-electron chi connectivity index (χ1n) is 22.7. The predicted octanol–water partition coefficient (Wildman–Crippen LogP) is 16.2. The van der Waals surface area contributed by atoms with Gasteiger partial charge in [0.2, 0.25) is 0 Å². The van der Waals surface area contributed by atoms with E-state index in [2.05, 4.69) is 266 Å². The van der Waals surface area contributed by atoms with Gasteiger partial charge in [0.25, 0.3) is 0 Å². The molecule has 0 atom stereocenters. The molecule has 0 N–H and O–H groups in total. The highest BCUT2D eigenvalue weighted by Gasteiger charge is 2.49. The molecule has 11 aromatic rings. The van der Waals surface area contributed by atoms with Crippen molar-refractivity contribution in [2.24, 2.45) is 0 Å². The predicted molar refractivity (Wildman–Crippen MR) is 271 cm³/mol. The summed E-state index contributed by atoms with van der Waals surface area (Å²) in [5.74, 6) is 0. The number of nitrogens with zero attached hydrogens (tertiary/aromatic N) is 1. The summed E-state index contributed by atoms with van der Waals surface area (Å²) in [7, 11) is 0. The van der Waals surface area contributed by atoms with E-state index in [0.29, 0.717) is 0 Å². The van der Waals surface area contributed by atoms with Crippen LogP contribution in [-0.4, -0.2) is 0 Å². The van der Waals surface area contributed by atoms with Crippen molar-refractivity contribution in [1.82, 2.24) is 0 Å². The van der Waals surface area contributed by atoms with E-state index in [9.17, 15) is 0 Å². The highest BCUT2D eigenvalue weighted by molar-refractivity contribution is 6.19. The average Bonchev–Trinajstić information content (AvgIpc) is 3.87. The summed E-state index contributed by atoms with van der Waals surface area (Å²) in [5.41, 5.74) is 17.5. The van der Waals surface area contributed by atoms with Crippen LogP contribution in [0.25, 0.3) is 43.8 Å². The van der Waals surface area contributed by atoms with Gasteiger partial charge in [-0.05, 0) is 125 Å². The number of fused-ring (bicyclic) bond motifs is 11. The smallest absolute Gasteiger partial charge is 0.0720 e. The van der Waals surface area contributed by atoms with Crippen molar-refractivity contribution >= 4 is 38.6 Å². The molecule has 0 saturated heterocycles. The highest BCUT2D eigenvalue weighted by Crippen LogP contribution is 2.62. The zero-order chi connectivity index (χ0) is 43.0. The molecule has 0 heterocycles. The molecule has 0 fully saturated rings. The molecule has 1 heteroatoms. The van der Waals surface area contributed by atoms with E-state index in [4.69, 9.17) is 0 Å². The normalized spacial score (nSPS) is 13.8. The fourth-order valence-electron chi connectivity index (χ4n) is 11.9. The van der Waals surface area contributed by atoms with Crippen LogP contribution in [0.3, 0.4) is 0 Å². The number of para-hydroxylation sites is 1. The second-order valence-corrected chi connectivity index (χ2v) is 17.5. The Morgan fingerprint density at radius 1 is 0.246 bits per heavy atom. The first kappa shape index (κ1) is 37.3. The first-order valence-corrected chi connectivity index (χ1v) is 22.7. The maximum absolute atomic E-state index is 2.51. The quantitative estimate of drug-likeness (QED) is 0.145. The molecule has 2 aliphatic rings. The Morgan fingerprint density at radius 2 is 0.631 bits per heavy atom. The maximum Gasteiger partial charge on any atom is 0.0720 e. The first-order chi connectivity index (χ1) is 32.3. The minimum absolute atomic E-state index is 0.524. The van der Waals surface area contributed by atoms with Gasteiger partial charge in [-0.25, -0.2) is 0 Å². The van der Waals surface area contributed by atoms with Crippen molar-refractivity contribution in [1.29, 1.82) is 0 Å². The summed E-state index contributed by atoms with van der Waals surface area (Å²) in [6.07, 6.45) is 0. The zero-order valence-electron chi connectivity index (χ0n) is 35.8. The third kappa shape index (κ3) is 5.27. The molecule has 0 spiro atoms. The monoisotopic (exact) mass is 825 g/mol. The maximum atomic E-state index is 2.51. The number of hydrogen-bond acceptors (Lipinski definition) is 1. The topological polar surface area (TPSA) is 3.24 Å². The van der Waals surface area contributed by atoms with Crippen molar-refractivity contribution in [3.8, 4) is 22.3 Å².